The van der Waals surface area contributed by atoms with Crippen molar-refractivity contribution in [1.29, 1.82) is 0 Å². The Hall–Kier alpha value is -3.15. The number of hydrogen-bond donors (Lipinski definition) is 0. The van der Waals surface area contributed by atoms with Gasteiger partial charge in [-0.05, 0) is 38.0 Å². The molecule has 1 aromatic heterocycles. The predicted octanol–water partition coefficient (Wildman–Crippen LogP) is 3.78. The lowest BCUT2D eigenvalue weighted by Crippen LogP contribution is -2.37. The number of benzene rings is 2. The topological polar surface area (TPSA) is 68.5 Å². The number of rotatable bonds is 6. The Balaban J connectivity index is 1.63. The molecule has 3 aromatic rings. The maximum Gasteiger partial charge on any atom is 0.263 e. The van der Waals surface area contributed by atoms with Crippen LogP contribution in [0.5, 0.6) is 5.75 Å². The third-order valence-electron chi connectivity index (χ3n) is 4.46. The summed E-state index contributed by atoms with van der Waals surface area (Å²) in [5.41, 5.74) is 3.03. The summed E-state index contributed by atoms with van der Waals surface area (Å²) >= 11 is 0. The van der Waals surface area contributed by atoms with Crippen LogP contribution in [-0.4, -0.2) is 34.1 Å². The molecule has 140 valence electrons. The summed E-state index contributed by atoms with van der Waals surface area (Å²) in [6, 6.07) is 15.4. The average molecular weight is 365 g/mol. The first-order valence-electron chi connectivity index (χ1n) is 8.81. The lowest BCUT2D eigenvalue weighted by Gasteiger charge is -2.21. The molecule has 0 aliphatic rings. The van der Waals surface area contributed by atoms with Crippen LogP contribution in [0.1, 0.15) is 23.9 Å². The van der Waals surface area contributed by atoms with E-state index in [1.165, 1.54) is 4.90 Å². The molecule has 2 aromatic carbocycles. The van der Waals surface area contributed by atoms with Crippen molar-refractivity contribution in [2.75, 3.05) is 7.05 Å². The van der Waals surface area contributed by atoms with Crippen LogP contribution in [0, 0.1) is 13.8 Å². The number of aromatic nitrogens is 2. The van der Waals surface area contributed by atoms with Crippen molar-refractivity contribution in [3.05, 3.63) is 65.5 Å². The number of likely N-dealkylation sites (N-methyl/N-ethyl adjacent to an activating group) is 1. The van der Waals surface area contributed by atoms with Crippen molar-refractivity contribution in [2.24, 2.45) is 0 Å². The van der Waals surface area contributed by atoms with Crippen molar-refractivity contribution in [3.8, 4) is 17.1 Å². The summed E-state index contributed by atoms with van der Waals surface area (Å²) in [6.07, 6.45) is -0.619. The fourth-order valence-electron chi connectivity index (χ4n) is 2.71. The van der Waals surface area contributed by atoms with Gasteiger partial charge in [0.15, 0.2) is 6.10 Å². The zero-order valence-electron chi connectivity index (χ0n) is 16.0. The molecule has 1 atom stereocenters. The second-order valence-corrected chi connectivity index (χ2v) is 6.53. The molecule has 0 aliphatic carbocycles. The van der Waals surface area contributed by atoms with Gasteiger partial charge < -0.3 is 14.2 Å². The fraction of sp³-hybridized carbons (Fsp3) is 0.286. The Bertz CT molecular complexity index is 921. The van der Waals surface area contributed by atoms with E-state index >= 15 is 0 Å². The van der Waals surface area contributed by atoms with Gasteiger partial charge in [-0.3, -0.25) is 4.79 Å². The maximum atomic E-state index is 12.6. The van der Waals surface area contributed by atoms with Gasteiger partial charge in [-0.2, -0.15) is 4.98 Å². The van der Waals surface area contributed by atoms with E-state index < -0.39 is 6.10 Å². The Morgan fingerprint density at radius 1 is 1.15 bits per heavy atom. The summed E-state index contributed by atoms with van der Waals surface area (Å²) in [5, 5.41) is 3.98. The zero-order valence-corrected chi connectivity index (χ0v) is 16.0. The van der Waals surface area contributed by atoms with Gasteiger partial charge >= 0.3 is 0 Å². The van der Waals surface area contributed by atoms with Gasteiger partial charge in [-0.1, -0.05) is 47.6 Å². The van der Waals surface area contributed by atoms with Crippen LogP contribution in [-0.2, 0) is 11.3 Å². The van der Waals surface area contributed by atoms with Gasteiger partial charge in [0, 0.05) is 12.6 Å². The van der Waals surface area contributed by atoms with Gasteiger partial charge in [0.2, 0.25) is 11.7 Å². The van der Waals surface area contributed by atoms with Gasteiger partial charge in [0.1, 0.15) is 5.75 Å². The Morgan fingerprint density at radius 3 is 2.63 bits per heavy atom. The number of hydrogen-bond acceptors (Lipinski definition) is 5. The average Bonchev–Trinajstić information content (AvgIpc) is 3.14. The van der Waals surface area contributed by atoms with Gasteiger partial charge in [0.05, 0.1) is 6.54 Å². The van der Waals surface area contributed by atoms with E-state index in [1.807, 2.05) is 62.4 Å². The standard InChI is InChI=1S/C21H23N3O3/c1-14-9-8-12-18(15(14)2)26-16(3)21(25)24(4)13-19-22-20(23-27-19)17-10-6-5-7-11-17/h5-12,16H,13H2,1-4H3/t16-/m0/s1. The summed E-state index contributed by atoms with van der Waals surface area (Å²) in [6.45, 7) is 5.96. The minimum absolute atomic E-state index is 0.157. The van der Waals surface area contributed by atoms with E-state index in [0.29, 0.717) is 17.5 Å². The molecule has 6 heteroatoms. The predicted molar refractivity (Wildman–Crippen MR) is 102 cm³/mol. The third-order valence-corrected chi connectivity index (χ3v) is 4.46. The summed E-state index contributed by atoms with van der Waals surface area (Å²) in [5.74, 6) is 1.44. The second-order valence-electron chi connectivity index (χ2n) is 6.53. The monoisotopic (exact) mass is 365 g/mol. The highest BCUT2D eigenvalue weighted by Crippen LogP contribution is 2.22. The SMILES string of the molecule is Cc1cccc(O[C@@H](C)C(=O)N(C)Cc2nc(-c3ccccc3)no2)c1C. The van der Waals surface area contributed by atoms with Crippen molar-refractivity contribution in [2.45, 2.75) is 33.4 Å². The quantitative estimate of drug-likeness (QED) is 0.665. The minimum atomic E-state index is -0.619. The second kappa shape index (κ2) is 8.03. The van der Waals surface area contributed by atoms with Crippen LogP contribution in [0.2, 0.25) is 0 Å². The first-order valence-corrected chi connectivity index (χ1v) is 8.81. The zero-order chi connectivity index (χ0) is 19.4. The molecule has 1 heterocycles. The van der Waals surface area contributed by atoms with Crippen LogP contribution in [0.15, 0.2) is 53.1 Å². The van der Waals surface area contributed by atoms with E-state index in [-0.39, 0.29) is 12.5 Å². The highest BCUT2D eigenvalue weighted by molar-refractivity contribution is 5.80. The molecule has 27 heavy (non-hydrogen) atoms. The number of amides is 1. The Labute approximate surface area is 158 Å². The summed E-state index contributed by atoms with van der Waals surface area (Å²) < 4.78 is 11.1. The van der Waals surface area contributed by atoms with E-state index in [9.17, 15) is 4.79 Å². The molecule has 0 unspecified atom stereocenters. The van der Waals surface area contributed by atoms with Crippen LogP contribution in [0.4, 0.5) is 0 Å². The molecule has 0 radical (unpaired) electrons. The molecule has 0 saturated carbocycles. The van der Waals surface area contributed by atoms with Crippen LogP contribution < -0.4 is 4.74 Å². The summed E-state index contributed by atoms with van der Waals surface area (Å²) in [7, 11) is 1.69. The van der Waals surface area contributed by atoms with Crippen molar-refractivity contribution < 1.29 is 14.1 Å². The van der Waals surface area contributed by atoms with Crippen LogP contribution in [0.3, 0.4) is 0 Å². The van der Waals surface area contributed by atoms with Gasteiger partial charge in [-0.25, -0.2) is 0 Å². The fourth-order valence-corrected chi connectivity index (χ4v) is 2.71. The lowest BCUT2D eigenvalue weighted by molar-refractivity contribution is -0.137. The molecule has 0 saturated heterocycles. The molecule has 0 N–H and O–H groups in total. The third kappa shape index (κ3) is 4.34. The van der Waals surface area contributed by atoms with E-state index in [4.69, 9.17) is 9.26 Å². The van der Waals surface area contributed by atoms with Crippen LogP contribution in [0.25, 0.3) is 11.4 Å². The number of aryl methyl sites for hydroxylation is 1. The molecule has 3 rings (SSSR count). The molecule has 1 amide bonds. The molecular weight excluding hydrogens is 342 g/mol. The van der Waals surface area contributed by atoms with Gasteiger partial charge in [0.25, 0.3) is 5.91 Å². The molecular formula is C21H23N3O3. The molecule has 0 bridgehead atoms. The first-order chi connectivity index (χ1) is 13.0. The Morgan fingerprint density at radius 2 is 1.89 bits per heavy atom. The molecule has 0 aliphatic heterocycles. The number of ether oxygens (including phenoxy) is 1. The normalized spacial score (nSPS) is 11.9. The van der Waals surface area contributed by atoms with Crippen LogP contribution >= 0.6 is 0 Å². The minimum Gasteiger partial charge on any atom is -0.481 e. The van der Waals surface area contributed by atoms with Gasteiger partial charge in [-0.15, -0.1) is 0 Å². The Kier molecular flexibility index (Phi) is 5.54. The van der Waals surface area contributed by atoms with Crippen molar-refractivity contribution in [3.63, 3.8) is 0 Å². The highest BCUT2D eigenvalue weighted by atomic mass is 16.5. The van der Waals surface area contributed by atoms with Crippen molar-refractivity contribution >= 4 is 5.91 Å². The van der Waals surface area contributed by atoms with Crippen molar-refractivity contribution in [1.82, 2.24) is 15.0 Å². The molecule has 0 spiro atoms. The largest absolute Gasteiger partial charge is 0.481 e. The highest BCUT2D eigenvalue weighted by Gasteiger charge is 2.22. The summed E-state index contributed by atoms with van der Waals surface area (Å²) in [4.78, 5) is 18.5. The molecule has 0 fully saturated rings. The smallest absolute Gasteiger partial charge is 0.263 e. The number of carbonyl (C=O) groups is 1. The maximum absolute atomic E-state index is 12.6. The number of carbonyl (C=O) groups excluding carboxylic acids is 1. The van der Waals surface area contributed by atoms with E-state index in [1.54, 1.807) is 14.0 Å². The number of nitrogens with zero attached hydrogens (tertiary/aromatic N) is 3. The molecule has 6 nitrogen and oxygen atoms in total. The first kappa shape index (κ1) is 18.6. The lowest BCUT2D eigenvalue weighted by atomic mass is 10.1. The van der Waals surface area contributed by atoms with E-state index in [2.05, 4.69) is 10.1 Å². The van der Waals surface area contributed by atoms with E-state index in [0.717, 1.165) is 16.7 Å².